The first kappa shape index (κ1) is 16.1. The lowest BCUT2D eigenvalue weighted by Crippen LogP contribution is -2.60. The lowest BCUT2D eigenvalue weighted by atomic mass is 9.75. The summed E-state index contributed by atoms with van der Waals surface area (Å²) >= 11 is 0. The number of hydrogen-bond acceptors (Lipinski definition) is 3. The Morgan fingerprint density at radius 2 is 1.85 bits per heavy atom. The number of rotatable bonds is 5. The molecule has 6 heteroatoms. The number of benzene rings is 1. The number of aliphatic carboxylic acids is 1. The van der Waals surface area contributed by atoms with Gasteiger partial charge in [0.2, 0.25) is 5.91 Å². The van der Waals surface area contributed by atoms with Gasteiger partial charge in [-0.15, -0.1) is 0 Å². The van der Waals surface area contributed by atoms with Crippen molar-refractivity contribution < 1.29 is 24.2 Å². The maximum absolute atomic E-state index is 14.1. The molecular formula is C14H18FNO4. The van der Waals surface area contributed by atoms with Gasteiger partial charge in [0.25, 0.3) is 0 Å². The zero-order chi connectivity index (χ0) is 15.5. The summed E-state index contributed by atoms with van der Waals surface area (Å²) in [5.74, 6) is -3.32. The van der Waals surface area contributed by atoms with Crippen LogP contribution in [-0.4, -0.2) is 28.2 Å². The Kier molecular flexibility index (Phi) is 4.83. The van der Waals surface area contributed by atoms with Crippen molar-refractivity contribution in [2.24, 2.45) is 5.92 Å². The van der Waals surface area contributed by atoms with Crippen LogP contribution in [-0.2, 0) is 15.1 Å². The van der Waals surface area contributed by atoms with Gasteiger partial charge in [-0.3, -0.25) is 4.79 Å². The molecule has 0 bridgehead atoms. The minimum atomic E-state index is -1.97. The van der Waals surface area contributed by atoms with Crippen LogP contribution in [0.3, 0.4) is 0 Å². The van der Waals surface area contributed by atoms with Crippen molar-refractivity contribution in [2.45, 2.75) is 32.4 Å². The number of halogens is 1. The Labute approximate surface area is 116 Å². The smallest absolute Gasteiger partial charge is 0.335 e. The van der Waals surface area contributed by atoms with E-state index in [-0.39, 0.29) is 5.56 Å². The maximum atomic E-state index is 14.1. The molecule has 0 spiro atoms. The number of amides is 1. The highest BCUT2D eigenvalue weighted by molar-refractivity contribution is 5.79. The first-order valence-corrected chi connectivity index (χ1v) is 6.18. The summed E-state index contributed by atoms with van der Waals surface area (Å²) in [6, 6.07) is 5.48. The van der Waals surface area contributed by atoms with Gasteiger partial charge in [-0.25, -0.2) is 9.18 Å². The summed E-state index contributed by atoms with van der Waals surface area (Å²) in [5, 5.41) is 21.6. The molecule has 1 rings (SSSR count). The summed E-state index contributed by atoms with van der Waals surface area (Å²) < 4.78 is 14.1. The molecule has 1 aromatic carbocycles. The van der Waals surface area contributed by atoms with E-state index in [1.54, 1.807) is 13.8 Å². The van der Waals surface area contributed by atoms with Gasteiger partial charge in [-0.05, 0) is 12.0 Å². The van der Waals surface area contributed by atoms with Crippen LogP contribution >= 0.6 is 0 Å². The third kappa shape index (κ3) is 2.80. The molecule has 0 fully saturated rings. The lowest BCUT2D eigenvalue weighted by Gasteiger charge is -2.40. The number of carboxylic acids is 1. The molecule has 0 radical (unpaired) electrons. The standard InChI is InChI=1S/C14H18FNO4/c1-8(2)14(16-9(3)17,12(18)13(19)20)10-6-4-5-7-11(10)15/h4-8,12,18H,1-3H3,(H,16,17)(H,19,20)/t12-,14?/m0/s1. The van der Waals surface area contributed by atoms with Crippen LogP contribution in [0.5, 0.6) is 0 Å². The van der Waals surface area contributed by atoms with Gasteiger partial charge in [-0.2, -0.15) is 0 Å². The molecule has 2 atom stereocenters. The van der Waals surface area contributed by atoms with Crippen LogP contribution in [0.2, 0.25) is 0 Å². The fraction of sp³-hybridized carbons (Fsp3) is 0.429. The quantitative estimate of drug-likeness (QED) is 0.759. The molecule has 0 aliphatic heterocycles. The number of carbonyl (C=O) groups is 2. The van der Waals surface area contributed by atoms with Crippen molar-refractivity contribution in [1.82, 2.24) is 5.32 Å². The fourth-order valence-electron chi connectivity index (χ4n) is 2.34. The monoisotopic (exact) mass is 283 g/mol. The van der Waals surface area contributed by atoms with Crippen molar-refractivity contribution >= 4 is 11.9 Å². The maximum Gasteiger partial charge on any atom is 0.335 e. The lowest BCUT2D eigenvalue weighted by molar-refractivity contribution is -0.154. The molecule has 1 amide bonds. The van der Waals surface area contributed by atoms with E-state index in [0.29, 0.717) is 0 Å². The average molecular weight is 283 g/mol. The van der Waals surface area contributed by atoms with Crippen LogP contribution < -0.4 is 5.32 Å². The van der Waals surface area contributed by atoms with Crippen LogP contribution in [0.25, 0.3) is 0 Å². The second-order valence-corrected chi connectivity index (χ2v) is 4.93. The third-order valence-corrected chi connectivity index (χ3v) is 3.28. The zero-order valence-corrected chi connectivity index (χ0v) is 11.6. The van der Waals surface area contributed by atoms with Gasteiger partial charge in [0.1, 0.15) is 11.4 Å². The summed E-state index contributed by atoms with van der Waals surface area (Å²) in [4.78, 5) is 22.6. The van der Waals surface area contributed by atoms with Crippen molar-refractivity contribution in [1.29, 1.82) is 0 Å². The molecule has 0 aromatic heterocycles. The van der Waals surface area contributed by atoms with Crippen molar-refractivity contribution in [3.8, 4) is 0 Å². The zero-order valence-electron chi connectivity index (χ0n) is 11.6. The number of carboxylic acid groups (broad SMARTS) is 1. The molecule has 20 heavy (non-hydrogen) atoms. The molecule has 110 valence electrons. The normalized spacial score (nSPS) is 15.5. The molecule has 0 aliphatic rings. The number of carbonyl (C=O) groups excluding carboxylic acids is 1. The summed E-state index contributed by atoms with van der Waals surface area (Å²) in [6.45, 7) is 4.40. The highest BCUT2D eigenvalue weighted by Gasteiger charge is 2.48. The number of hydrogen-bond donors (Lipinski definition) is 3. The van der Waals surface area contributed by atoms with Gasteiger partial charge in [-0.1, -0.05) is 32.0 Å². The van der Waals surface area contributed by atoms with E-state index in [9.17, 15) is 19.1 Å². The first-order chi connectivity index (χ1) is 9.23. The first-order valence-electron chi connectivity index (χ1n) is 6.18. The van der Waals surface area contributed by atoms with Gasteiger partial charge >= 0.3 is 5.97 Å². The Morgan fingerprint density at radius 3 is 2.25 bits per heavy atom. The summed E-state index contributed by atoms with van der Waals surface area (Å²) in [6.07, 6.45) is -1.97. The minimum Gasteiger partial charge on any atom is -0.479 e. The molecule has 0 saturated carbocycles. The molecule has 0 aliphatic carbocycles. The SMILES string of the molecule is CC(=O)NC(c1ccccc1F)(C(C)C)[C@@H](O)C(=O)O. The van der Waals surface area contributed by atoms with Gasteiger partial charge in [0, 0.05) is 12.5 Å². The minimum absolute atomic E-state index is 0.0555. The van der Waals surface area contributed by atoms with E-state index < -0.39 is 35.3 Å². The third-order valence-electron chi connectivity index (χ3n) is 3.28. The molecule has 0 saturated heterocycles. The largest absolute Gasteiger partial charge is 0.479 e. The topological polar surface area (TPSA) is 86.6 Å². The van der Waals surface area contributed by atoms with Crippen LogP contribution in [0, 0.1) is 11.7 Å². The highest BCUT2D eigenvalue weighted by atomic mass is 19.1. The second-order valence-electron chi connectivity index (χ2n) is 4.93. The van der Waals surface area contributed by atoms with E-state index >= 15 is 0 Å². The van der Waals surface area contributed by atoms with Crippen molar-refractivity contribution in [3.05, 3.63) is 35.6 Å². The highest BCUT2D eigenvalue weighted by Crippen LogP contribution is 2.35. The summed E-state index contributed by atoms with van der Waals surface area (Å²) in [7, 11) is 0. The molecular weight excluding hydrogens is 265 g/mol. The van der Waals surface area contributed by atoms with Crippen LogP contribution in [0.4, 0.5) is 4.39 Å². The van der Waals surface area contributed by atoms with Crippen molar-refractivity contribution in [3.63, 3.8) is 0 Å². The van der Waals surface area contributed by atoms with E-state index in [1.807, 2.05) is 0 Å². The average Bonchev–Trinajstić information content (AvgIpc) is 2.35. The Morgan fingerprint density at radius 1 is 1.30 bits per heavy atom. The van der Waals surface area contributed by atoms with Crippen molar-refractivity contribution in [2.75, 3.05) is 0 Å². The summed E-state index contributed by atoms with van der Waals surface area (Å²) in [5.41, 5.74) is -1.79. The second kappa shape index (κ2) is 6.00. The Bertz CT molecular complexity index is 518. The van der Waals surface area contributed by atoms with Gasteiger partial charge in [0.15, 0.2) is 6.10 Å². The van der Waals surface area contributed by atoms with Crippen LogP contribution in [0.1, 0.15) is 26.3 Å². The van der Waals surface area contributed by atoms with E-state index in [0.717, 1.165) is 6.07 Å². The Hall–Kier alpha value is -1.95. The number of nitrogens with one attached hydrogen (secondary N) is 1. The molecule has 1 unspecified atom stereocenters. The predicted octanol–water partition coefficient (Wildman–Crippen LogP) is 1.26. The van der Waals surface area contributed by atoms with E-state index in [1.165, 1.54) is 25.1 Å². The molecule has 3 N–H and O–H groups in total. The predicted molar refractivity (Wildman–Crippen MR) is 70.4 cm³/mol. The molecule has 5 nitrogen and oxygen atoms in total. The fourth-order valence-corrected chi connectivity index (χ4v) is 2.34. The molecule has 0 heterocycles. The van der Waals surface area contributed by atoms with E-state index in [2.05, 4.69) is 5.32 Å². The van der Waals surface area contributed by atoms with Crippen LogP contribution in [0.15, 0.2) is 24.3 Å². The number of aliphatic hydroxyl groups is 1. The van der Waals surface area contributed by atoms with Gasteiger partial charge in [0.05, 0.1) is 0 Å². The Balaban J connectivity index is 3.57. The number of aliphatic hydroxyl groups excluding tert-OH is 1. The van der Waals surface area contributed by atoms with Gasteiger partial charge < -0.3 is 15.5 Å². The molecule has 1 aromatic rings. The van der Waals surface area contributed by atoms with E-state index in [4.69, 9.17) is 5.11 Å².